The van der Waals surface area contributed by atoms with Crippen molar-refractivity contribution in [2.45, 2.75) is 0 Å². The van der Waals surface area contributed by atoms with Crippen LogP contribution < -0.4 is 0 Å². The number of benzene rings is 1. The fourth-order valence-corrected chi connectivity index (χ4v) is 1.09. The van der Waals surface area contributed by atoms with Crippen molar-refractivity contribution >= 4 is 16.6 Å². The molecule has 0 unspecified atom stereocenters. The number of aromatic nitrogens is 2. The van der Waals surface area contributed by atoms with Crippen molar-refractivity contribution in [3.63, 3.8) is 0 Å². The van der Waals surface area contributed by atoms with Gasteiger partial charge in [-0.25, -0.2) is 0 Å². The first-order valence-electron chi connectivity index (χ1n) is 3.47. The van der Waals surface area contributed by atoms with E-state index >= 15 is 0 Å². The van der Waals surface area contributed by atoms with Crippen LogP contribution >= 0.6 is 0 Å². The monoisotopic (exact) mass is 157 g/mol. The highest BCUT2D eigenvalue weighted by atomic mass is 15.2. The Bertz CT molecular complexity index is 453. The zero-order valence-corrected chi connectivity index (χ0v) is 6.18. The molecule has 0 amide bonds. The van der Waals surface area contributed by atoms with Gasteiger partial charge in [0.25, 0.3) is 0 Å². The molecule has 0 radical (unpaired) electrons. The minimum Gasteiger partial charge on any atom is -0.0616 e. The van der Waals surface area contributed by atoms with E-state index < -0.39 is 0 Å². The number of hydrogen-bond acceptors (Lipinski definition) is 3. The first-order valence-corrected chi connectivity index (χ1v) is 3.47. The van der Waals surface area contributed by atoms with Gasteiger partial charge in [-0.05, 0) is 11.2 Å². The fraction of sp³-hybridized carbons (Fsp3) is 0. The van der Waals surface area contributed by atoms with Gasteiger partial charge in [0, 0.05) is 10.4 Å². The lowest BCUT2D eigenvalue weighted by molar-refractivity contribution is 1.06. The number of rotatable bonds is 0. The predicted octanol–water partition coefficient (Wildman–Crippen LogP) is 2.11. The maximum Gasteiger partial charge on any atom is 0.496 e. The summed E-state index contributed by atoms with van der Waals surface area (Å²) in [4.78, 5) is 3.03. The number of nitrogens with zero attached hydrogens (tertiary/aromatic N) is 4. The largest absolute Gasteiger partial charge is 0.496 e. The number of hydrogen-bond donors (Lipinski definition) is 0. The Morgan fingerprint density at radius 3 is 2.92 bits per heavy atom. The lowest BCUT2D eigenvalue weighted by atomic mass is 10.2. The molecule has 1 aromatic heterocycles. The van der Waals surface area contributed by atoms with Crippen LogP contribution in [-0.4, -0.2) is 10.2 Å². The van der Waals surface area contributed by atoms with Crippen molar-refractivity contribution < 1.29 is 0 Å². The molecule has 0 bridgehead atoms. The summed E-state index contributed by atoms with van der Waals surface area (Å²) < 4.78 is 0. The van der Waals surface area contributed by atoms with Gasteiger partial charge in [-0.2, -0.15) is 0 Å². The predicted molar refractivity (Wildman–Crippen MR) is 44.3 cm³/mol. The van der Waals surface area contributed by atoms with E-state index in [0.717, 1.165) is 10.8 Å². The van der Waals surface area contributed by atoms with Gasteiger partial charge in [-0.15, -0.1) is 0 Å². The zero-order valence-electron chi connectivity index (χ0n) is 6.18. The molecule has 4 nitrogen and oxygen atoms in total. The Hall–Kier alpha value is -2.02. The molecule has 0 aliphatic heterocycles. The van der Waals surface area contributed by atoms with Gasteiger partial charge in [-0.3, -0.25) is 0 Å². The van der Waals surface area contributed by atoms with Gasteiger partial charge < -0.3 is 0 Å². The molecule has 1 heterocycles. The summed E-state index contributed by atoms with van der Waals surface area (Å²) in [6.07, 6.45) is 1.63. The van der Waals surface area contributed by atoms with Crippen LogP contribution in [0.15, 0.2) is 30.5 Å². The molecule has 12 heavy (non-hydrogen) atoms. The molecule has 2 aromatic rings. The summed E-state index contributed by atoms with van der Waals surface area (Å²) in [6.45, 7) is 0. The van der Waals surface area contributed by atoms with Crippen LogP contribution in [0, 0.1) is 5.39 Å². The summed E-state index contributed by atoms with van der Waals surface area (Å²) in [5.74, 6) is 0.258. The van der Waals surface area contributed by atoms with Gasteiger partial charge in [0.1, 0.15) is 10.5 Å². The third-order valence-corrected chi connectivity index (χ3v) is 1.65. The molecule has 0 saturated carbocycles. The highest BCUT2D eigenvalue weighted by molar-refractivity contribution is 5.90. The Kier molecular flexibility index (Phi) is 1.42. The molecule has 0 fully saturated rings. The molecule has 4 heteroatoms. The average molecular weight is 157 g/mol. The van der Waals surface area contributed by atoms with Crippen LogP contribution in [0.2, 0.25) is 0 Å². The normalized spacial score (nSPS) is 9.58. The van der Waals surface area contributed by atoms with Gasteiger partial charge in [-0.1, -0.05) is 18.2 Å². The Morgan fingerprint density at radius 2 is 2.08 bits per heavy atom. The van der Waals surface area contributed by atoms with Crippen molar-refractivity contribution in [2.75, 3.05) is 0 Å². The van der Waals surface area contributed by atoms with E-state index in [9.17, 15) is 0 Å². The fourth-order valence-electron chi connectivity index (χ4n) is 1.09. The third-order valence-electron chi connectivity index (χ3n) is 1.65. The second-order valence-corrected chi connectivity index (χ2v) is 2.36. The average Bonchev–Trinajstić information content (AvgIpc) is 2.17. The lowest BCUT2D eigenvalue weighted by Gasteiger charge is -1.87. The molecular weight excluding hydrogens is 152 g/mol. The van der Waals surface area contributed by atoms with Crippen LogP contribution in [0.25, 0.3) is 15.7 Å². The van der Waals surface area contributed by atoms with Crippen molar-refractivity contribution in [1.82, 2.24) is 10.2 Å². The Balaban J connectivity index is 2.91. The second-order valence-electron chi connectivity index (χ2n) is 2.36. The van der Waals surface area contributed by atoms with Crippen molar-refractivity contribution in [2.24, 2.45) is 0 Å². The van der Waals surface area contributed by atoms with Gasteiger partial charge in [0.2, 0.25) is 0 Å². The smallest absolute Gasteiger partial charge is 0.0616 e. The van der Waals surface area contributed by atoms with E-state index in [-0.39, 0.29) is 5.82 Å². The maximum absolute atomic E-state index is 8.56. The molecule has 2 rings (SSSR count). The zero-order chi connectivity index (χ0) is 8.39. The van der Waals surface area contributed by atoms with Crippen LogP contribution in [-0.2, 0) is 0 Å². The van der Waals surface area contributed by atoms with Crippen LogP contribution in [0.1, 0.15) is 0 Å². The molecule has 0 atom stereocenters. The van der Waals surface area contributed by atoms with Gasteiger partial charge >= 0.3 is 5.82 Å². The van der Waals surface area contributed by atoms with Crippen LogP contribution in [0.5, 0.6) is 0 Å². The molecule has 0 aliphatic rings. The third kappa shape index (κ3) is 0.883. The summed E-state index contributed by atoms with van der Waals surface area (Å²) in [5.41, 5.74) is 0. The van der Waals surface area contributed by atoms with E-state index in [2.05, 4.69) is 15.2 Å². The van der Waals surface area contributed by atoms with E-state index in [1.54, 1.807) is 6.20 Å². The SMILES string of the molecule is N#[N+]c1nncc2ccccc12. The van der Waals surface area contributed by atoms with Gasteiger partial charge in [0.15, 0.2) is 0 Å². The van der Waals surface area contributed by atoms with Crippen LogP contribution in [0.3, 0.4) is 0 Å². The lowest BCUT2D eigenvalue weighted by Crippen LogP contribution is -1.80. The van der Waals surface area contributed by atoms with E-state index in [0.29, 0.717) is 0 Å². The molecule has 1 aromatic carbocycles. The molecular formula is C8H5N4+. The van der Waals surface area contributed by atoms with Crippen LogP contribution in [0.4, 0.5) is 5.82 Å². The minimum atomic E-state index is 0.258. The summed E-state index contributed by atoms with van der Waals surface area (Å²) in [7, 11) is 0. The van der Waals surface area contributed by atoms with E-state index in [1.807, 2.05) is 24.3 Å². The first kappa shape index (κ1) is 6.68. The standard InChI is InChI=1S/C8H5N4/c9-11-8-7-4-2-1-3-6(7)5-10-12-8/h1-5H/q+1. The number of fused-ring (bicyclic) bond motifs is 1. The Morgan fingerprint density at radius 1 is 1.25 bits per heavy atom. The van der Waals surface area contributed by atoms with Gasteiger partial charge in [0.05, 0.1) is 11.6 Å². The topological polar surface area (TPSA) is 53.9 Å². The first-order chi connectivity index (χ1) is 5.92. The minimum absolute atomic E-state index is 0.258. The molecule has 0 aliphatic carbocycles. The second kappa shape index (κ2) is 2.55. The summed E-state index contributed by atoms with van der Waals surface area (Å²) >= 11 is 0. The highest BCUT2D eigenvalue weighted by Gasteiger charge is 2.12. The summed E-state index contributed by atoms with van der Waals surface area (Å²) in [5, 5.41) is 17.6. The van der Waals surface area contributed by atoms with E-state index in [1.165, 1.54) is 0 Å². The molecule has 0 spiro atoms. The van der Waals surface area contributed by atoms with Crippen molar-refractivity contribution in [3.05, 3.63) is 35.4 Å². The molecule has 0 saturated heterocycles. The van der Waals surface area contributed by atoms with Crippen molar-refractivity contribution in [1.29, 1.82) is 5.39 Å². The quantitative estimate of drug-likeness (QED) is 0.550. The maximum atomic E-state index is 8.56. The highest BCUT2D eigenvalue weighted by Crippen LogP contribution is 2.20. The molecule has 0 N–H and O–H groups in total. The molecule has 56 valence electrons. The van der Waals surface area contributed by atoms with Crippen molar-refractivity contribution in [3.8, 4) is 0 Å². The Labute approximate surface area is 68.5 Å². The number of diazo groups is 1. The van der Waals surface area contributed by atoms with E-state index in [4.69, 9.17) is 5.39 Å². The summed E-state index contributed by atoms with van der Waals surface area (Å²) in [6, 6.07) is 7.47.